The van der Waals surface area contributed by atoms with E-state index in [1.165, 1.54) is 10.6 Å². The molecule has 0 spiro atoms. The topological polar surface area (TPSA) is 114 Å². The molecule has 10 nitrogen and oxygen atoms in total. The molecule has 0 atom stereocenters. The zero-order valence-electron chi connectivity index (χ0n) is 23.1. The fraction of sp³-hybridized carbons (Fsp3) is 0.414. The minimum atomic E-state index is -3.24. The number of hydrogen-bond acceptors (Lipinski definition) is 6. The molecule has 40 heavy (non-hydrogen) atoms. The SMILES string of the molecule is Cc1c(CNC(=O)c2cc(C3CC3)nn2C)cccc1OCc1ccc(C(=O)N2CCN(S(C)(=O)=O)CC2)cc1. The van der Waals surface area contributed by atoms with E-state index in [0.29, 0.717) is 56.5 Å². The van der Waals surface area contributed by atoms with E-state index in [0.717, 1.165) is 41.0 Å². The van der Waals surface area contributed by atoms with E-state index in [4.69, 9.17) is 4.74 Å². The second-order valence-corrected chi connectivity index (χ2v) is 12.5. The maximum absolute atomic E-state index is 12.9. The summed E-state index contributed by atoms with van der Waals surface area (Å²) >= 11 is 0. The Morgan fingerprint density at radius 2 is 1.75 bits per heavy atom. The molecule has 2 fully saturated rings. The predicted molar refractivity (Wildman–Crippen MR) is 151 cm³/mol. The Morgan fingerprint density at radius 3 is 2.40 bits per heavy atom. The molecular formula is C29H35N5O5S. The van der Waals surface area contributed by atoms with E-state index in [9.17, 15) is 18.0 Å². The number of sulfonamides is 1. The molecular weight excluding hydrogens is 530 g/mol. The number of carbonyl (C=O) groups is 2. The molecule has 1 aliphatic carbocycles. The maximum Gasteiger partial charge on any atom is 0.269 e. The van der Waals surface area contributed by atoms with Crippen LogP contribution in [0, 0.1) is 6.92 Å². The quantitative estimate of drug-likeness (QED) is 0.427. The van der Waals surface area contributed by atoms with Crippen LogP contribution in [0.3, 0.4) is 0 Å². The number of aromatic nitrogens is 2. The van der Waals surface area contributed by atoms with Crippen LogP contribution in [0.1, 0.15) is 62.0 Å². The van der Waals surface area contributed by atoms with Crippen LogP contribution in [0.5, 0.6) is 5.75 Å². The van der Waals surface area contributed by atoms with Gasteiger partial charge in [0.1, 0.15) is 18.1 Å². The molecule has 11 heteroatoms. The molecule has 2 aromatic carbocycles. The Labute approximate surface area is 235 Å². The molecule has 3 aromatic rings. The number of benzene rings is 2. The summed E-state index contributed by atoms with van der Waals surface area (Å²) in [4.78, 5) is 27.3. The van der Waals surface area contributed by atoms with Gasteiger partial charge in [0.15, 0.2) is 0 Å². The van der Waals surface area contributed by atoms with Crippen molar-refractivity contribution in [3.05, 3.63) is 82.2 Å². The largest absolute Gasteiger partial charge is 0.489 e. The number of nitrogens with one attached hydrogen (secondary N) is 1. The minimum Gasteiger partial charge on any atom is -0.489 e. The number of piperazine rings is 1. The first-order valence-electron chi connectivity index (χ1n) is 13.5. The molecule has 0 bridgehead atoms. The van der Waals surface area contributed by atoms with E-state index in [1.54, 1.807) is 28.8 Å². The molecule has 1 N–H and O–H groups in total. The van der Waals surface area contributed by atoms with Crippen molar-refractivity contribution >= 4 is 21.8 Å². The lowest BCUT2D eigenvalue weighted by molar-refractivity contribution is 0.0698. The average molecular weight is 566 g/mol. The molecule has 0 radical (unpaired) electrons. The zero-order chi connectivity index (χ0) is 28.4. The lowest BCUT2D eigenvalue weighted by atomic mass is 10.1. The summed E-state index contributed by atoms with van der Waals surface area (Å²) in [5.41, 5.74) is 4.94. The van der Waals surface area contributed by atoms with Gasteiger partial charge in [0.2, 0.25) is 10.0 Å². The lowest BCUT2D eigenvalue weighted by Gasteiger charge is -2.33. The molecule has 2 aliphatic rings. The Hall–Kier alpha value is -3.70. The Bertz CT molecular complexity index is 1500. The monoisotopic (exact) mass is 565 g/mol. The molecule has 212 valence electrons. The first-order valence-corrected chi connectivity index (χ1v) is 15.3. The predicted octanol–water partition coefficient (Wildman–Crippen LogP) is 2.83. The van der Waals surface area contributed by atoms with Gasteiger partial charge >= 0.3 is 0 Å². The fourth-order valence-electron chi connectivity index (χ4n) is 4.86. The fourth-order valence-corrected chi connectivity index (χ4v) is 5.69. The van der Waals surface area contributed by atoms with Crippen LogP contribution >= 0.6 is 0 Å². The highest BCUT2D eigenvalue weighted by atomic mass is 32.2. The maximum atomic E-state index is 12.9. The Morgan fingerprint density at radius 1 is 1.05 bits per heavy atom. The van der Waals surface area contributed by atoms with Crippen molar-refractivity contribution in [2.24, 2.45) is 7.05 Å². The number of carbonyl (C=O) groups excluding carboxylic acids is 2. The van der Waals surface area contributed by atoms with Gasteiger partial charge in [-0.2, -0.15) is 9.40 Å². The van der Waals surface area contributed by atoms with Gasteiger partial charge in [-0.1, -0.05) is 24.3 Å². The van der Waals surface area contributed by atoms with E-state index in [-0.39, 0.29) is 11.8 Å². The molecule has 2 heterocycles. The summed E-state index contributed by atoms with van der Waals surface area (Å²) in [6.45, 7) is 4.04. The van der Waals surface area contributed by atoms with Crippen molar-refractivity contribution in [1.29, 1.82) is 0 Å². The van der Waals surface area contributed by atoms with Crippen LogP contribution in [-0.4, -0.2) is 71.7 Å². The summed E-state index contributed by atoms with van der Waals surface area (Å²) < 4.78 is 32.5. The van der Waals surface area contributed by atoms with Crippen LogP contribution in [0.4, 0.5) is 0 Å². The van der Waals surface area contributed by atoms with Crippen molar-refractivity contribution in [1.82, 2.24) is 24.3 Å². The van der Waals surface area contributed by atoms with Gasteiger partial charge in [-0.15, -0.1) is 0 Å². The summed E-state index contributed by atoms with van der Waals surface area (Å²) in [5, 5.41) is 7.48. The number of aryl methyl sites for hydroxylation is 1. The van der Waals surface area contributed by atoms with Gasteiger partial charge in [-0.05, 0) is 60.7 Å². The molecule has 5 rings (SSSR count). The first-order chi connectivity index (χ1) is 19.1. The van der Waals surface area contributed by atoms with Crippen molar-refractivity contribution in [2.75, 3.05) is 32.4 Å². The number of nitrogens with zero attached hydrogens (tertiary/aromatic N) is 4. The minimum absolute atomic E-state index is 0.110. The summed E-state index contributed by atoms with van der Waals surface area (Å²) in [6, 6.07) is 14.9. The van der Waals surface area contributed by atoms with Crippen molar-refractivity contribution in [2.45, 2.75) is 38.8 Å². The van der Waals surface area contributed by atoms with Crippen molar-refractivity contribution in [3.63, 3.8) is 0 Å². The highest BCUT2D eigenvalue weighted by Crippen LogP contribution is 2.39. The lowest BCUT2D eigenvalue weighted by Crippen LogP contribution is -2.50. The summed E-state index contributed by atoms with van der Waals surface area (Å²) in [7, 11) is -1.44. The van der Waals surface area contributed by atoms with Gasteiger partial charge in [-0.25, -0.2) is 8.42 Å². The van der Waals surface area contributed by atoms with Gasteiger partial charge in [0.05, 0.1) is 11.9 Å². The van der Waals surface area contributed by atoms with Crippen molar-refractivity contribution < 1.29 is 22.7 Å². The Balaban J connectivity index is 1.14. The highest BCUT2D eigenvalue weighted by Gasteiger charge is 2.28. The molecule has 1 aliphatic heterocycles. The van der Waals surface area contributed by atoms with E-state index < -0.39 is 10.0 Å². The zero-order valence-corrected chi connectivity index (χ0v) is 23.9. The third-order valence-corrected chi connectivity index (χ3v) is 8.86. The first kappa shape index (κ1) is 27.9. The highest BCUT2D eigenvalue weighted by molar-refractivity contribution is 7.88. The number of amides is 2. The van der Waals surface area contributed by atoms with Gasteiger partial charge < -0.3 is 15.0 Å². The standard InChI is InChI=1S/C29H35N5O5S/c1-20-24(18-30-28(35)26-17-25(22-11-12-22)31-32(26)2)5-4-6-27(20)39-19-21-7-9-23(10-8-21)29(36)33-13-15-34(16-14-33)40(3,37)38/h4-10,17,22H,11-16,18-19H2,1-3H3,(H,30,35). The smallest absolute Gasteiger partial charge is 0.269 e. The van der Waals surface area contributed by atoms with Crippen LogP contribution in [0.2, 0.25) is 0 Å². The second-order valence-electron chi connectivity index (χ2n) is 10.5. The summed E-state index contributed by atoms with van der Waals surface area (Å²) in [6.07, 6.45) is 3.46. The van der Waals surface area contributed by atoms with Gasteiger partial charge in [0, 0.05) is 51.3 Å². The van der Waals surface area contributed by atoms with E-state index in [1.807, 2.05) is 43.3 Å². The molecule has 1 aromatic heterocycles. The number of hydrogen-bond donors (Lipinski definition) is 1. The van der Waals surface area contributed by atoms with Crippen LogP contribution in [-0.2, 0) is 30.2 Å². The third kappa shape index (κ3) is 6.37. The van der Waals surface area contributed by atoms with E-state index in [2.05, 4.69) is 10.4 Å². The summed E-state index contributed by atoms with van der Waals surface area (Å²) in [5.74, 6) is 0.957. The average Bonchev–Trinajstić information content (AvgIpc) is 3.72. The Kier molecular flexibility index (Phi) is 7.95. The normalized spacial score (nSPS) is 16.1. The van der Waals surface area contributed by atoms with Crippen molar-refractivity contribution in [3.8, 4) is 5.75 Å². The van der Waals surface area contributed by atoms with Crippen LogP contribution in [0.25, 0.3) is 0 Å². The van der Waals surface area contributed by atoms with Gasteiger partial charge in [0.25, 0.3) is 11.8 Å². The van der Waals surface area contributed by atoms with E-state index >= 15 is 0 Å². The molecule has 1 saturated carbocycles. The van der Waals surface area contributed by atoms with Gasteiger partial charge in [-0.3, -0.25) is 14.3 Å². The van der Waals surface area contributed by atoms with Crippen LogP contribution < -0.4 is 10.1 Å². The molecule has 1 saturated heterocycles. The molecule has 2 amide bonds. The van der Waals surface area contributed by atoms with Crippen LogP contribution in [0.15, 0.2) is 48.5 Å². The molecule has 0 unspecified atom stereocenters. The number of ether oxygens (including phenoxy) is 1. The third-order valence-electron chi connectivity index (χ3n) is 7.55. The second kappa shape index (κ2) is 11.4. The number of rotatable bonds is 9.